The van der Waals surface area contributed by atoms with Crippen molar-refractivity contribution in [3.05, 3.63) is 70.3 Å². The van der Waals surface area contributed by atoms with Gasteiger partial charge in [-0.1, -0.05) is 56.3 Å². The fraction of sp³-hybridized carbons (Fsp3) is 0.278. The standard InChI is InChI=1S/C16H16O.C2H6/c1-11-9-10-15(13(3)12(11)2)16(17)14-7-5-4-6-8-14;1-2/h4-10H,1-3H3;1-2H3. The number of carbonyl (C=O) groups excluding carboxylic acids is 1. The molecule has 0 spiro atoms. The third kappa shape index (κ3) is 3.31. The second-order valence-electron chi connectivity index (χ2n) is 4.38. The largest absolute Gasteiger partial charge is 0.289 e. The molecule has 0 atom stereocenters. The number of hydrogen-bond donors (Lipinski definition) is 0. The summed E-state index contributed by atoms with van der Waals surface area (Å²) in [5.74, 6) is 0.103. The highest BCUT2D eigenvalue weighted by molar-refractivity contribution is 6.10. The van der Waals surface area contributed by atoms with Crippen molar-refractivity contribution in [2.24, 2.45) is 0 Å². The molecule has 0 aromatic heterocycles. The molecular formula is C18H22O. The summed E-state index contributed by atoms with van der Waals surface area (Å²) in [6, 6.07) is 13.4. The van der Waals surface area contributed by atoms with Gasteiger partial charge in [-0.2, -0.15) is 0 Å². The zero-order valence-electron chi connectivity index (χ0n) is 12.4. The van der Waals surface area contributed by atoms with Crippen LogP contribution in [0.2, 0.25) is 0 Å². The molecule has 0 bridgehead atoms. The maximum Gasteiger partial charge on any atom is 0.193 e. The lowest BCUT2D eigenvalue weighted by Gasteiger charge is -2.10. The lowest BCUT2D eigenvalue weighted by atomic mass is 9.93. The van der Waals surface area contributed by atoms with Crippen LogP contribution in [0.4, 0.5) is 0 Å². The van der Waals surface area contributed by atoms with Crippen LogP contribution >= 0.6 is 0 Å². The highest BCUT2D eigenvalue weighted by Gasteiger charge is 2.13. The smallest absolute Gasteiger partial charge is 0.193 e. The summed E-state index contributed by atoms with van der Waals surface area (Å²) in [4.78, 5) is 12.3. The molecule has 0 unspecified atom stereocenters. The summed E-state index contributed by atoms with van der Waals surface area (Å²) in [6.07, 6.45) is 0. The van der Waals surface area contributed by atoms with Crippen LogP contribution < -0.4 is 0 Å². The van der Waals surface area contributed by atoms with Gasteiger partial charge in [-0.25, -0.2) is 0 Å². The number of hydrogen-bond acceptors (Lipinski definition) is 1. The molecular weight excluding hydrogens is 232 g/mol. The Balaban J connectivity index is 0.000000861. The van der Waals surface area contributed by atoms with Gasteiger partial charge in [-0.05, 0) is 37.5 Å². The van der Waals surface area contributed by atoms with Gasteiger partial charge in [0, 0.05) is 11.1 Å². The van der Waals surface area contributed by atoms with E-state index in [-0.39, 0.29) is 5.78 Å². The quantitative estimate of drug-likeness (QED) is 0.699. The summed E-state index contributed by atoms with van der Waals surface area (Å²) in [6.45, 7) is 10.1. The van der Waals surface area contributed by atoms with Crippen molar-refractivity contribution in [2.75, 3.05) is 0 Å². The molecule has 1 heteroatoms. The van der Waals surface area contributed by atoms with Crippen LogP contribution in [-0.4, -0.2) is 5.78 Å². The maximum absolute atomic E-state index is 12.3. The molecule has 2 aromatic rings. The van der Waals surface area contributed by atoms with Crippen LogP contribution in [0.1, 0.15) is 46.5 Å². The van der Waals surface area contributed by atoms with Crippen LogP contribution in [0.15, 0.2) is 42.5 Å². The van der Waals surface area contributed by atoms with Crippen LogP contribution in [-0.2, 0) is 0 Å². The Morgan fingerprint density at radius 2 is 1.37 bits per heavy atom. The summed E-state index contributed by atoms with van der Waals surface area (Å²) in [5.41, 5.74) is 5.07. The van der Waals surface area contributed by atoms with Crippen molar-refractivity contribution >= 4 is 5.78 Å². The van der Waals surface area contributed by atoms with E-state index in [1.165, 1.54) is 11.1 Å². The van der Waals surface area contributed by atoms with Crippen LogP contribution in [0.25, 0.3) is 0 Å². The van der Waals surface area contributed by atoms with E-state index in [4.69, 9.17) is 0 Å². The average Bonchev–Trinajstić information content (AvgIpc) is 2.47. The van der Waals surface area contributed by atoms with E-state index >= 15 is 0 Å². The van der Waals surface area contributed by atoms with Gasteiger partial charge >= 0.3 is 0 Å². The topological polar surface area (TPSA) is 17.1 Å². The van der Waals surface area contributed by atoms with E-state index in [0.29, 0.717) is 0 Å². The maximum atomic E-state index is 12.3. The Hall–Kier alpha value is -1.89. The SMILES string of the molecule is CC.Cc1ccc(C(=O)c2ccccc2)c(C)c1C. The zero-order valence-corrected chi connectivity index (χ0v) is 12.4. The minimum Gasteiger partial charge on any atom is -0.289 e. The second-order valence-corrected chi connectivity index (χ2v) is 4.38. The summed E-state index contributed by atoms with van der Waals surface area (Å²) < 4.78 is 0. The number of aryl methyl sites for hydroxylation is 1. The van der Waals surface area contributed by atoms with Gasteiger partial charge in [-0.3, -0.25) is 4.79 Å². The van der Waals surface area contributed by atoms with Gasteiger partial charge in [0.05, 0.1) is 0 Å². The molecule has 0 aliphatic rings. The van der Waals surface area contributed by atoms with Crippen LogP contribution in [0.3, 0.4) is 0 Å². The van der Waals surface area contributed by atoms with Crippen molar-refractivity contribution in [3.63, 3.8) is 0 Å². The predicted octanol–water partition coefficient (Wildman–Crippen LogP) is 4.87. The lowest BCUT2D eigenvalue weighted by Crippen LogP contribution is -2.05. The molecule has 0 aliphatic heterocycles. The van der Waals surface area contributed by atoms with Gasteiger partial charge in [0.15, 0.2) is 5.78 Å². The van der Waals surface area contributed by atoms with E-state index in [2.05, 4.69) is 13.8 Å². The Kier molecular flexibility index (Phi) is 5.50. The molecule has 0 N–H and O–H groups in total. The van der Waals surface area contributed by atoms with Crippen molar-refractivity contribution in [3.8, 4) is 0 Å². The first-order valence-electron chi connectivity index (χ1n) is 6.78. The predicted molar refractivity (Wildman–Crippen MR) is 81.9 cm³/mol. The average molecular weight is 254 g/mol. The minimum absolute atomic E-state index is 0.103. The Morgan fingerprint density at radius 3 is 1.95 bits per heavy atom. The molecule has 0 aliphatic carbocycles. The summed E-state index contributed by atoms with van der Waals surface area (Å²) >= 11 is 0. The third-order valence-corrected chi connectivity index (χ3v) is 3.34. The molecule has 1 nitrogen and oxygen atoms in total. The van der Waals surface area contributed by atoms with Crippen LogP contribution in [0, 0.1) is 20.8 Å². The van der Waals surface area contributed by atoms with Gasteiger partial charge < -0.3 is 0 Å². The van der Waals surface area contributed by atoms with Gasteiger partial charge in [0.25, 0.3) is 0 Å². The monoisotopic (exact) mass is 254 g/mol. The minimum atomic E-state index is 0.103. The summed E-state index contributed by atoms with van der Waals surface area (Å²) in [5, 5.41) is 0. The normalized spacial score (nSPS) is 9.53. The first-order valence-corrected chi connectivity index (χ1v) is 6.78. The Labute approximate surface area is 116 Å². The molecule has 0 heterocycles. The molecule has 2 rings (SSSR count). The van der Waals surface area contributed by atoms with E-state index in [0.717, 1.165) is 16.7 Å². The Bertz CT molecular complexity index is 553. The second kappa shape index (κ2) is 6.89. The first-order chi connectivity index (χ1) is 9.11. The number of benzene rings is 2. The Morgan fingerprint density at radius 1 is 0.789 bits per heavy atom. The number of carbonyl (C=O) groups is 1. The van der Waals surface area contributed by atoms with Gasteiger partial charge in [0.2, 0.25) is 0 Å². The van der Waals surface area contributed by atoms with Gasteiger partial charge in [-0.15, -0.1) is 0 Å². The number of ketones is 1. The van der Waals surface area contributed by atoms with Crippen LogP contribution in [0.5, 0.6) is 0 Å². The van der Waals surface area contributed by atoms with Gasteiger partial charge in [0.1, 0.15) is 0 Å². The molecule has 0 saturated carbocycles. The fourth-order valence-electron chi connectivity index (χ4n) is 1.95. The molecule has 100 valence electrons. The number of rotatable bonds is 2. The lowest BCUT2D eigenvalue weighted by molar-refractivity contribution is 0.103. The van der Waals surface area contributed by atoms with E-state index < -0.39 is 0 Å². The molecule has 0 amide bonds. The molecule has 0 fully saturated rings. The highest BCUT2D eigenvalue weighted by atomic mass is 16.1. The fourth-order valence-corrected chi connectivity index (χ4v) is 1.95. The molecule has 2 aromatic carbocycles. The van der Waals surface area contributed by atoms with Crippen molar-refractivity contribution in [1.29, 1.82) is 0 Å². The van der Waals surface area contributed by atoms with E-state index in [1.807, 2.05) is 63.2 Å². The first kappa shape index (κ1) is 15.2. The highest BCUT2D eigenvalue weighted by Crippen LogP contribution is 2.20. The molecule has 0 radical (unpaired) electrons. The van der Waals surface area contributed by atoms with E-state index in [9.17, 15) is 4.79 Å². The van der Waals surface area contributed by atoms with Crippen molar-refractivity contribution < 1.29 is 4.79 Å². The molecule has 19 heavy (non-hydrogen) atoms. The van der Waals surface area contributed by atoms with Crippen molar-refractivity contribution in [2.45, 2.75) is 34.6 Å². The zero-order chi connectivity index (χ0) is 14.4. The molecule has 0 saturated heterocycles. The third-order valence-electron chi connectivity index (χ3n) is 3.34. The van der Waals surface area contributed by atoms with Crippen molar-refractivity contribution in [1.82, 2.24) is 0 Å². The van der Waals surface area contributed by atoms with E-state index in [1.54, 1.807) is 0 Å². The summed E-state index contributed by atoms with van der Waals surface area (Å²) in [7, 11) is 0.